The first-order valence-corrected chi connectivity index (χ1v) is 10.5. The zero-order chi connectivity index (χ0) is 21.6. The number of anilines is 2. The number of nitrogens with one attached hydrogen (secondary N) is 2. The highest BCUT2D eigenvalue weighted by Gasteiger charge is 2.16. The van der Waals surface area contributed by atoms with Crippen molar-refractivity contribution in [2.24, 2.45) is 0 Å². The Hall–Kier alpha value is -3.68. The zero-order valence-corrected chi connectivity index (χ0v) is 17.4. The molecule has 2 aromatic carbocycles. The molecule has 8 nitrogen and oxygen atoms in total. The molecule has 2 amide bonds. The van der Waals surface area contributed by atoms with Gasteiger partial charge in [0.1, 0.15) is 5.82 Å². The summed E-state index contributed by atoms with van der Waals surface area (Å²) in [5.41, 5.74) is 2.50. The number of benzene rings is 2. The van der Waals surface area contributed by atoms with Gasteiger partial charge >= 0.3 is 6.09 Å². The first kappa shape index (κ1) is 20.6. The SMILES string of the molecule is CCOC(=O)Nc1cccc(C(=O)Nc2cccc(-c3nnc4n3CCCCC4)c2)c1. The third kappa shape index (κ3) is 4.91. The second-order valence-electron chi connectivity index (χ2n) is 7.36. The highest BCUT2D eigenvalue weighted by atomic mass is 16.5. The highest BCUT2D eigenvalue weighted by molar-refractivity contribution is 6.05. The van der Waals surface area contributed by atoms with Crippen molar-refractivity contribution in [1.82, 2.24) is 14.8 Å². The molecule has 1 aromatic heterocycles. The molecule has 2 heterocycles. The van der Waals surface area contributed by atoms with E-state index in [9.17, 15) is 9.59 Å². The monoisotopic (exact) mass is 419 g/mol. The van der Waals surface area contributed by atoms with Crippen LogP contribution in [-0.2, 0) is 17.7 Å². The number of hydrogen-bond donors (Lipinski definition) is 2. The van der Waals surface area contributed by atoms with Gasteiger partial charge in [0.05, 0.1) is 6.61 Å². The van der Waals surface area contributed by atoms with E-state index < -0.39 is 6.09 Å². The van der Waals surface area contributed by atoms with Crippen LogP contribution in [0.5, 0.6) is 0 Å². The van der Waals surface area contributed by atoms with E-state index >= 15 is 0 Å². The Morgan fingerprint density at radius 1 is 1.00 bits per heavy atom. The van der Waals surface area contributed by atoms with Crippen molar-refractivity contribution < 1.29 is 14.3 Å². The molecule has 31 heavy (non-hydrogen) atoms. The predicted molar refractivity (Wildman–Crippen MR) is 118 cm³/mol. The normalized spacial score (nSPS) is 13.1. The smallest absolute Gasteiger partial charge is 0.411 e. The summed E-state index contributed by atoms with van der Waals surface area (Å²) in [7, 11) is 0. The molecule has 0 radical (unpaired) electrons. The van der Waals surface area contributed by atoms with E-state index in [0.29, 0.717) is 16.9 Å². The van der Waals surface area contributed by atoms with E-state index in [1.165, 1.54) is 6.42 Å². The van der Waals surface area contributed by atoms with E-state index in [-0.39, 0.29) is 12.5 Å². The summed E-state index contributed by atoms with van der Waals surface area (Å²) < 4.78 is 7.05. The number of ether oxygens (including phenoxy) is 1. The number of carbonyl (C=O) groups excluding carboxylic acids is 2. The third-order valence-electron chi connectivity index (χ3n) is 5.13. The number of hydrogen-bond acceptors (Lipinski definition) is 5. The van der Waals surface area contributed by atoms with Gasteiger partial charge in [-0.2, -0.15) is 0 Å². The first-order valence-electron chi connectivity index (χ1n) is 10.5. The highest BCUT2D eigenvalue weighted by Crippen LogP contribution is 2.25. The van der Waals surface area contributed by atoms with Gasteiger partial charge in [-0.1, -0.05) is 24.6 Å². The fourth-order valence-corrected chi connectivity index (χ4v) is 3.66. The Morgan fingerprint density at radius 2 is 1.81 bits per heavy atom. The van der Waals surface area contributed by atoms with Crippen LogP contribution in [0.3, 0.4) is 0 Å². The molecule has 0 fully saturated rings. The molecular formula is C23H25N5O3. The summed E-state index contributed by atoms with van der Waals surface area (Å²) in [5.74, 6) is 1.58. The minimum atomic E-state index is -0.555. The lowest BCUT2D eigenvalue weighted by Gasteiger charge is -2.10. The lowest BCUT2D eigenvalue weighted by molar-refractivity contribution is 0.102. The van der Waals surface area contributed by atoms with Crippen LogP contribution in [0.2, 0.25) is 0 Å². The van der Waals surface area contributed by atoms with Crippen molar-refractivity contribution in [2.75, 3.05) is 17.2 Å². The van der Waals surface area contributed by atoms with E-state index in [2.05, 4.69) is 25.4 Å². The largest absolute Gasteiger partial charge is 0.450 e. The van der Waals surface area contributed by atoms with Crippen LogP contribution in [0.15, 0.2) is 48.5 Å². The van der Waals surface area contributed by atoms with Crippen LogP contribution in [0.1, 0.15) is 42.4 Å². The molecular weight excluding hydrogens is 394 g/mol. The van der Waals surface area contributed by atoms with E-state index in [1.807, 2.05) is 24.3 Å². The van der Waals surface area contributed by atoms with Gasteiger partial charge in [-0.3, -0.25) is 10.1 Å². The van der Waals surface area contributed by atoms with Crippen LogP contribution in [0.25, 0.3) is 11.4 Å². The van der Waals surface area contributed by atoms with Crippen LogP contribution in [0.4, 0.5) is 16.2 Å². The quantitative estimate of drug-likeness (QED) is 0.635. The van der Waals surface area contributed by atoms with Gasteiger partial charge in [0.15, 0.2) is 5.82 Å². The van der Waals surface area contributed by atoms with Crippen molar-refractivity contribution in [1.29, 1.82) is 0 Å². The van der Waals surface area contributed by atoms with Crippen molar-refractivity contribution in [2.45, 2.75) is 39.2 Å². The summed E-state index contributed by atoms with van der Waals surface area (Å²) in [6, 6.07) is 14.3. The van der Waals surface area contributed by atoms with Crippen molar-refractivity contribution in [3.8, 4) is 11.4 Å². The molecule has 1 aliphatic heterocycles. The number of aromatic nitrogens is 3. The molecule has 4 rings (SSSR count). The van der Waals surface area contributed by atoms with Crippen LogP contribution in [0, 0.1) is 0 Å². The summed E-state index contributed by atoms with van der Waals surface area (Å²) in [6.07, 6.45) is 3.84. The molecule has 1 aliphatic rings. The number of aryl methyl sites for hydroxylation is 1. The molecule has 0 unspecified atom stereocenters. The number of amides is 2. The van der Waals surface area contributed by atoms with Gasteiger partial charge < -0.3 is 14.6 Å². The fourth-order valence-electron chi connectivity index (χ4n) is 3.66. The van der Waals surface area contributed by atoms with Gasteiger partial charge in [0, 0.05) is 35.5 Å². The van der Waals surface area contributed by atoms with Crippen molar-refractivity contribution in [3.05, 3.63) is 59.9 Å². The fraction of sp³-hybridized carbons (Fsp3) is 0.304. The first-order chi connectivity index (χ1) is 15.1. The molecule has 0 bridgehead atoms. The molecule has 0 spiro atoms. The molecule has 2 N–H and O–H groups in total. The summed E-state index contributed by atoms with van der Waals surface area (Å²) in [5, 5.41) is 14.3. The second kappa shape index (κ2) is 9.42. The maximum Gasteiger partial charge on any atom is 0.411 e. The Morgan fingerprint density at radius 3 is 2.65 bits per heavy atom. The Bertz CT molecular complexity index is 1090. The number of rotatable bonds is 5. The van der Waals surface area contributed by atoms with Crippen LogP contribution < -0.4 is 10.6 Å². The second-order valence-corrected chi connectivity index (χ2v) is 7.36. The summed E-state index contributed by atoms with van der Waals surface area (Å²) in [6.45, 7) is 2.92. The maximum atomic E-state index is 12.8. The van der Waals surface area contributed by atoms with E-state index in [4.69, 9.17) is 4.74 Å². The summed E-state index contributed by atoms with van der Waals surface area (Å²) in [4.78, 5) is 24.4. The summed E-state index contributed by atoms with van der Waals surface area (Å²) >= 11 is 0. The molecule has 0 saturated carbocycles. The van der Waals surface area contributed by atoms with E-state index in [0.717, 1.165) is 43.0 Å². The minimum Gasteiger partial charge on any atom is -0.450 e. The molecule has 0 saturated heterocycles. The standard InChI is InChI=1S/C23H25N5O3/c1-2-31-23(30)25-19-11-7-9-17(15-19)22(29)24-18-10-6-8-16(14-18)21-27-26-20-12-4-3-5-13-28(20)21/h6-11,14-15H,2-5,12-13H2,1H3,(H,24,29)(H,25,30). The topological polar surface area (TPSA) is 98.1 Å². The van der Waals surface area contributed by atoms with Gasteiger partial charge in [-0.25, -0.2) is 4.79 Å². The maximum absolute atomic E-state index is 12.8. The Labute approximate surface area is 180 Å². The van der Waals surface area contributed by atoms with Gasteiger partial charge in [0.2, 0.25) is 0 Å². The lowest BCUT2D eigenvalue weighted by atomic mass is 10.1. The average molecular weight is 419 g/mol. The minimum absolute atomic E-state index is 0.273. The molecule has 0 atom stereocenters. The van der Waals surface area contributed by atoms with E-state index in [1.54, 1.807) is 31.2 Å². The number of carbonyl (C=O) groups is 2. The molecule has 160 valence electrons. The van der Waals surface area contributed by atoms with Gasteiger partial charge in [0.25, 0.3) is 5.91 Å². The Balaban J connectivity index is 1.50. The van der Waals surface area contributed by atoms with Crippen molar-refractivity contribution in [3.63, 3.8) is 0 Å². The van der Waals surface area contributed by atoms with Crippen molar-refractivity contribution >= 4 is 23.4 Å². The average Bonchev–Trinajstić information content (AvgIpc) is 3.02. The van der Waals surface area contributed by atoms with Gasteiger partial charge in [-0.05, 0) is 50.1 Å². The van der Waals surface area contributed by atoms with Crippen LogP contribution in [-0.4, -0.2) is 33.4 Å². The molecule has 8 heteroatoms. The molecule has 3 aromatic rings. The number of nitrogens with zero attached hydrogens (tertiary/aromatic N) is 3. The van der Waals surface area contributed by atoms with Gasteiger partial charge in [-0.15, -0.1) is 10.2 Å². The zero-order valence-electron chi connectivity index (χ0n) is 17.4. The van der Waals surface area contributed by atoms with Crippen LogP contribution >= 0.6 is 0 Å². The Kier molecular flexibility index (Phi) is 6.26. The molecule has 0 aliphatic carbocycles. The lowest BCUT2D eigenvalue weighted by Crippen LogP contribution is -2.15. The predicted octanol–water partition coefficient (Wildman–Crippen LogP) is 4.49. The number of fused-ring (bicyclic) bond motifs is 1. The third-order valence-corrected chi connectivity index (χ3v) is 5.13.